The fraction of sp³-hybridized carbons (Fsp3) is 0.515. The van der Waals surface area contributed by atoms with Gasteiger partial charge >= 0.3 is 6.09 Å². The number of pyridine rings is 2. The molecule has 0 saturated carbocycles. The first-order valence-electron chi connectivity index (χ1n) is 14.8. The molecule has 0 saturated heterocycles. The highest BCUT2D eigenvalue weighted by Crippen LogP contribution is 2.37. The number of hydrogen-bond acceptors (Lipinski definition) is 5. The minimum atomic E-state index is -0.729. The predicted molar refractivity (Wildman–Crippen MR) is 163 cm³/mol. The second-order valence-corrected chi connectivity index (χ2v) is 12.5. The average molecular weight is 562 g/mol. The summed E-state index contributed by atoms with van der Waals surface area (Å²) in [5, 5.41) is 8.80. The van der Waals surface area contributed by atoms with Crippen LogP contribution in [0.3, 0.4) is 0 Å². The van der Waals surface area contributed by atoms with Gasteiger partial charge in [0, 0.05) is 35.0 Å². The summed E-state index contributed by atoms with van der Waals surface area (Å²) in [7, 11) is 0. The lowest BCUT2D eigenvalue weighted by molar-refractivity contribution is 0.0581. The third kappa shape index (κ3) is 6.85. The van der Waals surface area contributed by atoms with Gasteiger partial charge in [0.05, 0.1) is 6.54 Å². The van der Waals surface area contributed by atoms with Crippen LogP contribution in [0, 0.1) is 5.92 Å². The van der Waals surface area contributed by atoms with Gasteiger partial charge in [-0.15, -0.1) is 10.2 Å². The fourth-order valence-corrected chi connectivity index (χ4v) is 5.32. The second kappa shape index (κ2) is 12.5. The molecule has 3 aromatic rings. The molecule has 0 aliphatic heterocycles. The zero-order valence-corrected chi connectivity index (χ0v) is 25.8. The van der Waals surface area contributed by atoms with Crippen LogP contribution in [-0.2, 0) is 17.6 Å². The van der Waals surface area contributed by atoms with Gasteiger partial charge in [0.2, 0.25) is 0 Å². The first-order chi connectivity index (χ1) is 19.4. The summed E-state index contributed by atoms with van der Waals surface area (Å²) >= 11 is 0. The molecule has 0 aromatic carbocycles. The highest BCUT2D eigenvalue weighted by Gasteiger charge is 2.31. The Kier molecular flexibility index (Phi) is 9.30. The molecule has 220 valence electrons. The topological polar surface area (TPSA) is 72.6 Å². The van der Waals surface area contributed by atoms with Crippen molar-refractivity contribution in [1.29, 1.82) is 0 Å². The number of anilines is 1. The molecule has 1 aliphatic rings. The van der Waals surface area contributed by atoms with E-state index in [0.29, 0.717) is 35.8 Å². The maximum atomic E-state index is 15.4. The lowest BCUT2D eigenvalue weighted by atomic mass is 9.91. The molecule has 7 nitrogen and oxygen atoms in total. The molecular formula is C33H44FN5O2. The third-order valence-corrected chi connectivity index (χ3v) is 7.53. The molecular weight excluding hydrogens is 517 g/mol. The molecule has 41 heavy (non-hydrogen) atoms. The number of amides is 1. The molecule has 3 heterocycles. The number of halogens is 1. The summed E-state index contributed by atoms with van der Waals surface area (Å²) in [6.45, 7) is 16.0. The van der Waals surface area contributed by atoms with Crippen LogP contribution in [-0.4, -0.2) is 37.8 Å². The first kappa shape index (κ1) is 30.4. The molecule has 4 rings (SSSR count). The van der Waals surface area contributed by atoms with E-state index in [-0.39, 0.29) is 12.4 Å². The van der Waals surface area contributed by atoms with Crippen molar-refractivity contribution < 1.29 is 13.9 Å². The summed E-state index contributed by atoms with van der Waals surface area (Å²) in [5.74, 6) is 0.863. The Bertz CT molecular complexity index is 1480. The Morgan fingerprint density at radius 2 is 1.95 bits per heavy atom. The van der Waals surface area contributed by atoms with Gasteiger partial charge in [-0.2, -0.15) is 0 Å². The first-order valence-corrected chi connectivity index (χ1v) is 14.8. The van der Waals surface area contributed by atoms with Crippen molar-refractivity contribution in [2.45, 2.75) is 99.5 Å². The SMILES string of the molecule is CCCCc1cc(-c2cccnc2CC(C)C)c2nncn2c1N(CC1=C(F)CCC(C)=C1C)C(=O)OC(C)(C)C. The molecule has 0 unspecified atom stereocenters. The van der Waals surface area contributed by atoms with Crippen molar-refractivity contribution >= 4 is 17.6 Å². The summed E-state index contributed by atoms with van der Waals surface area (Å²) in [4.78, 5) is 20.2. The Hall–Kier alpha value is -3.55. The number of aromatic nitrogens is 4. The standard InChI is InChI=1S/C33H44FN5O2/c1-9-10-12-24-18-26(25-13-11-16-35-29(25)17-21(2)3)30-37-36-20-39(30)31(24)38(32(40)41-33(6,7)8)19-27-23(5)22(4)14-15-28(27)34/h11,13,16,18,20-21H,9-10,12,14-15,17,19H2,1-8H3. The molecule has 1 amide bonds. The number of aryl methyl sites for hydroxylation is 1. The number of fused-ring (bicyclic) bond motifs is 1. The van der Waals surface area contributed by atoms with E-state index in [9.17, 15) is 4.79 Å². The van der Waals surface area contributed by atoms with Gasteiger partial charge in [0.15, 0.2) is 5.65 Å². The molecule has 0 fully saturated rings. The Morgan fingerprint density at radius 3 is 2.63 bits per heavy atom. The number of allylic oxidation sites excluding steroid dienone is 2. The Balaban J connectivity index is 1.97. The molecule has 0 N–H and O–H groups in total. The smallest absolute Gasteiger partial charge is 0.416 e. The maximum Gasteiger partial charge on any atom is 0.416 e. The molecule has 0 bridgehead atoms. The molecule has 3 aromatic heterocycles. The van der Waals surface area contributed by atoms with Gasteiger partial charge in [0.25, 0.3) is 0 Å². The van der Waals surface area contributed by atoms with Crippen LogP contribution in [0.25, 0.3) is 16.8 Å². The van der Waals surface area contributed by atoms with Crippen molar-refractivity contribution in [1.82, 2.24) is 19.6 Å². The largest absolute Gasteiger partial charge is 0.443 e. The predicted octanol–water partition coefficient (Wildman–Crippen LogP) is 8.43. The molecule has 1 aliphatic carbocycles. The number of rotatable bonds is 9. The van der Waals surface area contributed by atoms with Crippen LogP contribution < -0.4 is 4.90 Å². The van der Waals surface area contributed by atoms with E-state index in [2.05, 4.69) is 43.1 Å². The van der Waals surface area contributed by atoms with E-state index in [0.717, 1.165) is 59.2 Å². The summed E-state index contributed by atoms with van der Waals surface area (Å²) in [6, 6.07) is 6.13. The van der Waals surface area contributed by atoms with E-state index in [1.807, 2.05) is 51.3 Å². The van der Waals surface area contributed by atoms with E-state index >= 15 is 4.39 Å². The van der Waals surface area contributed by atoms with Gasteiger partial charge in [-0.25, -0.2) is 9.18 Å². The highest BCUT2D eigenvalue weighted by atomic mass is 19.1. The minimum absolute atomic E-state index is 0.0567. The van der Waals surface area contributed by atoms with E-state index in [1.165, 1.54) is 0 Å². The van der Waals surface area contributed by atoms with Crippen molar-refractivity contribution in [3.05, 3.63) is 64.5 Å². The number of ether oxygens (including phenoxy) is 1. The van der Waals surface area contributed by atoms with Crippen LogP contribution in [0.5, 0.6) is 0 Å². The van der Waals surface area contributed by atoms with Crippen molar-refractivity contribution in [3.63, 3.8) is 0 Å². The lowest BCUT2D eigenvalue weighted by Crippen LogP contribution is -2.40. The number of carbonyl (C=O) groups excluding carboxylic acids is 1. The van der Waals surface area contributed by atoms with Crippen LogP contribution >= 0.6 is 0 Å². The van der Waals surface area contributed by atoms with E-state index < -0.39 is 11.7 Å². The summed E-state index contributed by atoms with van der Waals surface area (Å²) in [5.41, 5.74) is 6.32. The molecule has 0 radical (unpaired) electrons. The van der Waals surface area contributed by atoms with Crippen molar-refractivity contribution in [2.75, 3.05) is 11.4 Å². The molecule has 8 heteroatoms. The zero-order chi connectivity index (χ0) is 29.9. The zero-order valence-electron chi connectivity index (χ0n) is 25.8. The van der Waals surface area contributed by atoms with E-state index in [4.69, 9.17) is 9.72 Å². The number of nitrogens with zero attached hydrogens (tertiary/aromatic N) is 5. The molecule has 0 spiro atoms. The van der Waals surface area contributed by atoms with Gasteiger partial charge in [-0.3, -0.25) is 14.3 Å². The normalized spacial score (nSPS) is 14.4. The van der Waals surface area contributed by atoms with Gasteiger partial charge in [0.1, 0.15) is 23.6 Å². The third-order valence-electron chi connectivity index (χ3n) is 7.53. The second-order valence-electron chi connectivity index (χ2n) is 12.5. The monoisotopic (exact) mass is 561 g/mol. The highest BCUT2D eigenvalue weighted by molar-refractivity contribution is 5.91. The number of unbranched alkanes of at least 4 members (excludes halogenated alkanes) is 1. The Labute approximate surface area is 243 Å². The van der Waals surface area contributed by atoms with Crippen LogP contribution in [0.1, 0.15) is 92.3 Å². The summed E-state index contributed by atoms with van der Waals surface area (Å²) in [6.07, 6.45) is 7.40. The van der Waals surface area contributed by atoms with Crippen LogP contribution in [0.15, 0.2) is 53.3 Å². The quantitative estimate of drug-likeness (QED) is 0.262. The van der Waals surface area contributed by atoms with Gasteiger partial charge in [-0.1, -0.05) is 38.8 Å². The van der Waals surface area contributed by atoms with Crippen molar-refractivity contribution in [2.24, 2.45) is 5.92 Å². The number of hydrogen-bond donors (Lipinski definition) is 0. The van der Waals surface area contributed by atoms with Gasteiger partial charge in [-0.05, 0) is 89.5 Å². The minimum Gasteiger partial charge on any atom is -0.443 e. The Morgan fingerprint density at radius 1 is 1.20 bits per heavy atom. The van der Waals surface area contributed by atoms with Crippen molar-refractivity contribution in [3.8, 4) is 11.1 Å². The average Bonchev–Trinajstić information content (AvgIpc) is 3.38. The fourth-order valence-electron chi connectivity index (χ4n) is 5.32. The van der Waals surface area contributed by atoms with Gasteiger partial charge < -0.3 is 4.74 Å². The maximum absolute atomic E-state index is 15.4. The number of carbonyl (C=O) groups is 1. The molecule has 0 atom stereocenters. The van der Waals surface area contributed by atoms with Crippen LogP contribution in [0.4, 0.5) is 15.0 Å². The van der Waals surface area contributed by atoms with E-state index in [1.54, 1.807) is 11.2 Å². The lowest BCUT2D eigenvalue weighted by Gasteiger charge is -2.31. The summed E-state index contributed by atoms with van der Waals surface area (Å²) < 4.78 is 23.2. The van der Waals surface area contributed by atoms with Crippen LogP contribution in [0.2, 0.25) is 0 Å².